The molecule has 0 aliphatic heterocycles. The van der Waals surface area contributed by atoms with Gasteiger partial charge in [0.2, 0.25) is 5.91 Å². The number of carbonyl (C=O) groups excluding carboxylic acids is 4. The number of benzene rings is 2. The van der Waals surface area contributed by atoms with Crippen LogP contribution >= 0.6 is 0 Å². The minimum absolute atomic E-state index is 0.133. The minimum Gasteiger partial charge on any atom is -0.481 e. The first-order chi connectivity index (χ1) is 13.8. The number of rotatable bonds is 8. The summed E-state index contributed by atoms with van der Waals surface area (Å²) in [4.78, 5) is 46.4. The molecule has 2 rings (SSSR count). The van der Waals surface area contributed by atoms with Gasteiger partial charge in [-0.25, -0.2) is 4.79 Å². The van der Waals surface area contributed by atoms with Crippen molar-refractivity contribution in [3.8, 4) is 5.75 Å². The van der Waals surface area contributed by atoms with Gasteiger partial charge in [-0.2, -0.15) is 0 Å². The van der Waals surface area contributed by atoms with Crippen molar-refractivity contribution < 1.29 is 28.7 Å². The molecule has 0 saturated heterocycles. The SMILES string of the molecule is CC(=O)Nc1ccc(NC(=O)[C@H](C)OC(=O)COc2ccccc2C(N)=O)cc1. The van der Waals surface area contributed by atoms with Gasteiger partial charge < -0.3 is 25.8 Å². The molecule has 3 amide bonds. The first-order valence-electron chi connectivity index (χ1n) is 8.66. The number of amides is 3. The Labute approximate surface area is 167 Å². The zero-order valence-electron chi connectivity index (χ0n) is 15.9. The summed E-state index contributed by atoms with van der Waals surface area (Å²) in [7, 11) is 0. The second-order valence-electron chi connectivity index (χ2n) is 6.03. The Morgan fingerprint density at radius 2 is 1.55 bits per heavy atom. The molecule has 0 aliphatic carbocycles. The van der Waals surface area contributed by atoms with Crippen LogP contribution in [0.4, 0.5) is 11.4 Å². The van der Waals surface area contributed by atoms with Crippen LogP contribution in [0.2, 0.25) is 0 Å². The lowest BCUT2D eigenvalue weighted by Gasteiger charge is -2.14. The molecule has 0 fully saturated rings. The lowest BCUT2D eigenvalue weighted by Crippen LogP contribution is -2.31. The molecular weight excluding hydrogens is 378 g/mol. The van der Waals surface area contributed by atoms with Gasteiger partial charge in [-0.15, -0.1) is 0 Å². The van der Waals surface area contributed by atoms with Crippen LogP contribution < -0.4 is 21.1 Å². The quantitative estimate of drug-likeness (QED) is 0.578. The van der Waals surface area contributed by atoms with Crippen molar-refractivity contribution in [2.75, 3.05) is 17.2 Å². The summed E-state index contributed by atoms with van der Waals surface area (Å²) in [6.45, 7) is 2.31. The van der Waals surface area contributed by atoms with Crippen LogP contribution in [0.1, 0.15) is 24.2 Å². The molecule has 1 atom stereocenters. The zero-order valence-corrected chi connectivity index (χ0v) is 15.9. The van der Waals surface area contributed by atoms with Crippen LogP contribution in [0.5, 0.6) is 5.75 Å². The van der Waals surface area contributed by atoms with Crippen LogP contribution in [0.3, 0.4) is 0 Å². The highest BCUT2D eigenvalue weighted by atomic mass is 16.6. The topological polar surface area (TPSA) is 137 Å². The maximum Gasteiger partial charge on any atom is 0.344 e. The smallest absolute Gasteiger partial charge is 0.344 e. The van der Waals surface area contributed by atoms with Crippen LogP contribution in [-0.4, -0.2) is 36.4 Å². The number of nitrogens with two attached hydrogens (primary N) is 1. The van der Waals surface area contributed by atoms with Crippen molar-refractivity contribution in [3.63, 3.8) is 0 Å². The number of primary amides is 1. The van der Waals surface area contributed by atoms with E-state index < -0.39 is 30.5 Å². The Morgan fingerprint density at radius 3 is 2.14 bits per heavy atom. The van der Waals surface area contributed by atoms with Gasteiger partial charge in [0.05, 0.1) is 5.56 Å². The summed E-state index contributed by atoms with van der Waals surface area (Å²) in [6.07, 6.45) is -1.08. The molecule has 0 bridgehead atoms. The third-order valence-corrected chi connectivity index (χ3v) is 3.65. The van der Waals surface area contributed by atoms with Gasteiger partial charge in [0.25, 0.3) is 11.8 Å². The summed E-state index contributed by atoms with van der Waals surface area (Å²) in [5.74, 6) is -2.07. The predicted molar refractivity (Wildman–Crippen MR) is 105 cm³/mol. The Kier molecular flexibility index (Phi) is 7.30. The molecule has 29 heavy (non-hydrogen) atoms. The summed E-state index contributed by atoms with van der Waals surface area (Å²) in [5, 5.41) is 5.20. The molecule has 0 spiro atoms. The van der Waals surface area contributed by atoms with E-state index in [0.717, 1.165) is 0 Å². The number of hydrogen-bond acceptors (Lipinski definition) is 6. The Morgan fingerprint density at radius 1 is 0.966 bits per heavy atom. The molecule has 0 saturated carbocycles. The van der Waals surface area contributed by atoms with Gasteiger partial charge in [0.15, 0.2) is 12.7 Å². The highest BCUT2D eigenvalue weighted by molar-refractivity contribution is 5.96. The van der Waals surface area contributed by atoms with Crippen LogP contribution in [-0.2, 0) is 19.1 Å². The molecule has 0 aromatic heterocycles. The van der Waals surface area contributed by atoms with Crippen molar-refractivity contribution in [2.45, 2.75) is 20.0 Å². The van der Waals surface area contributed by atoms with Gasteiger partial charge in [0, 0.05) is 18.3 Å². The second kappa shape index (κ2) is 9.88. The Bertz CT molecular complexity index is 911. The third-order valence-electron chi connectivity index (χ3n) is 3.65. The average Bonchev–Trinajstić information content (AvgIpc) is 2.67. The number of para-hydroxylation sites is 1. The van der Waals surface area contributed by atoms with E-state index in [1.807, 2.05) is 0 Å². The fourth-order valence-electron chi connectivity index (χ4n) is 2.30. The van der Waals surface area contributed by atoms with Gasteiger partial charge in [0.1, 0.15) is 5.75 Å². The molecule has 2 aromatic carbocycles. The molecule has 4 N–H and O–H groups in total. The zero-order chi connectivity index (χ0) is 21.4. The van der Waals surface area contributed by atoms with E-state index in [-0.39, 0.29) is 17.2 Å². The number of esters is 1. The monoisotopic (exact) mass is 399 g/mol. The lowest BCUT2D eigenvalue weighted by molar-refractivity contribution is -0.155. The van der Waals surface area contributed by atoms with Gasteiger partial charge in [-0.3, -0.25) is 14.4 Å². The summed E-state index contributed by atoms with van der Waals surface area (Å²) >= 11 is 0. The van der Waals surface area contributed by atoms with Gasteiger partial charge in [-0.05, 0) is 43.3 Å². The highest BCUT2D eigenvalue weighted by Crippen LogP contribution is 2.17. The largest absolute Gasteiger partial charge is 0.481 e. The van der Waals surface area contributed by atoms with E-state index in [2.05, 4.69) is 10.6 Å². The van der Waals surface area contributed by atoms with E-state index in [4.69, 9.17) is 15.2 Å². The first kappa shape index (κ1) is 21.4. The lowest BCUT2D eigenvalue weighted by atomic mass is 10.2. The summed E-state index contributed by atoms with van der Waals surface area (Å²) in [6, 6.07) is 12.6. The van der Waals surface area contributed by atoms with Crippen molar-refractivity contribution >= 4 is 35.1 Å². The number of anilines is 2. The number of carbonyl (C=O) groups is 4. The molecule has 9 nitrogen and oxygen atoms in total. The minimum atomic E-state index is -1.08. The maximum atomic E-state index is 12.2. The number of ether oxygens (including phenoxy) is 2. The van der Waals surface area contributed by atoms with E-state index >= 15 is 0 Å². The van der Waals surface area contributed by atoms with Crippen molar-refractivity contribution in [1.82, 2.24) is 0 Å². The van der Waals surface area contributed by atoms with E-state index in [1.54, 1.807) is 36.4 Å². The fraction of sp³-hybridized carbons (Fsp3) is 0.200. The maximum absolute atomic E-state index is 12.2. The third kappa shape index (κ3) is 6.65. The molecule has 0 aliphatic rings. The molecule has 0 unspecified atom stereocenters. The van der Waals surface area contributed by atoms with Crippen LogP contribution in [0, 0.1) is 0 Å². The summed E-state index contributed by atoms with van der Waals surface area (Å²) in [5.41, 5.74) is 6.43. The number of hydrogen-bond donors (Lipinski definition) is 3. The van der Waals surface area contributed by atoms with E-state index in [1.165, 1.54) is 26.0 Å². The number of nitrogens with one attached hydrogen (secondary N) is 2. The predicted octanol–water partition coefficient (Wildman–Crippen LogP) is 1.69. The van der Waals surface area contributed by atoms with Crippen molar-refractivity contribution in [3.05, 3.63) is 54.1 Å². The first-order valence-corrected chi connectivity index (χ1v) is 8.66. The molecule has 0 heterocycles. The molecule has 152 valence electrons. The Balaban J connectivity index is 1.85. The average molecular weight is 399 g/mol. The van der Waals surface area contributed by atoms with E-state index in [9.17, 15) is 19.2 Å². The van der Waals surface area contributed by atoms with Gasteiger partial charge >= 0.3 is 5.97 Å². The molecule has 0 radical (unpaired) electrons. The fourth-order valence-corrected chi connectivity index (χ4v) is 2.30. The van der Waals surface area contributed by atoms with Crippen molar-refractivity contribution in [2.24, 2.45) is 5.73 Å². The van der Waals surface area contributed by atoms with Crippen LogP contribution in [0.15, 0.2) is 48.5 Å². The van der Waals surface area contributed by atoms with Crippen LogP contribution in [0.25, 0.3) is 0 Å². The normalized spacial score (nSPS) is 11.1. The van der Waals surface area contributed by atoms with Crippen molar-refractivity contribution in [1.29, 1.82) is 0 Å². The van der Waals surface area contributed by atoms with Gasteiger partial charge in [-0.1, -0.05) is 12.1 Å². The molecule has 9 heteroatoms. The van der Waals surface area contributed by atoms with E-state index in [0.29, 0.717) is 11.4 Å². The molecule has 2 aromatic rings. The second-order valence-corrected chi connectivity index (χ2v) is 6.03. The summed E-state index contributed by atoms with van der Waals surface area (Å²) < 4.78 is 10.3. The highest BCUT2D eigenvalue weighted by Gasteiger charge is 2.19. The standard InChI is InChI=1S/C20H21N3O6/c1-12(20(27)23-15-9-7-14(8-10-15)22-13(2)24)29-18(25)11-28-17-6-4-3-5-16(17)19(21)26/h3-10,12H,11H2,1-2H3,(H2,21,26)(H,22,24)(H,23,27)/t12-/m0/s1. The molecular formula is C20H21N3O6. The Hall–Kier alpha value is -3.88.